The highest BCUT2D eigenvalue weighted by Crippen LogP contribution is 2.41. The Morgan fingerprint density at radius 2 is 1.86 bits per heavy atom. The fraction of sp³-hybridized carbons (Fsp3) is 1.00. The molecule has 0 aliphatic heterocycles. The molecule has 0 aromatic rings. The molecule has 1 saturated carbocycles. The summed E-state index contributed by atoms with van der Waals surface area (Å²) < 4.78 is 0. The van der Waals surface area contributed by atoms with Crippen molar-refractivity contribution in [2.75, 3.05) is 20.1 Å². The van der Waals surface area contributed by atoms with E-state index in [1.54, 1.807) is 0 Å². The number of hydrogen-bond donors (Lipinski definition) is 1. The first-order valence-electron chi connectivity index (χ1n) is 9.25. The highest BCUT2D eigenvalue weighted by molar-refractivity contribution is 4.94. The van der Waals surface area contributed by atoms with Crippen LogP contribution in [0.4, 0.5) is 0 Å². The molecule has 21 heavy (non-hydrogen) atoms. The zero-order valence-electron chi connectivity index (χ0n) is 15.7. The Labute approximate surface area is 134 Å². The quantitative estimate of drug-likeness (QED) is 0.707. The van der Waals surface area contributed by atoms with Crippen LogP contribution in [0, 0.1) is 17.3 Å². The van der Waals surface area contributed by atoms with Gasteiger partial charge < -0.3 is 10.2 Å². The molecule has 1 aliphatic carbocycles. The Morgan fingerprint density at radius 1 is 1.19 bits per heavy atom. The van der Waals surface area contributed by atoms with E-state index < -0.39 is 0 Å². The minimum Gasteiger partial charge on any atom is -0.313 e. The van der Waals surface area contributed by atoms with E-state index in [4.69, 9.17) is 0 Å². The molecule has 2 nitrogen and oxygen atoms in total. The van der Waals surface area contributed by atoms with Crippen LogP contribution in [-0.2, 0) is 0 Å². The summed E-state index contributed by atoms with van der Waals surface area (Å²) in [6, 6.07) is 1.41. The van der Waals surface area contributed by atoms with Crippen molar-refractivity contribution in [2.24, 2.45) is 17.3 Å². The molecular weight excluding hydrogens is 256 g/mol. The number of nitrogens with zero attached hydrogens (tertiary/aromatic N) is 1. The van der Waals surface area contributed by atoms with Gasteiger partial charge >= 0.3 is 0 Å². The fourth-order valence-electron chi connectivity index (χ4n) is 3.76. The second-order valence-corrected chi connectivity index (χ2v) is 8.25. The lowest BCUT2D eigenvalue weighted by molar-refractivity contribution is 0.0609. The van der Waals surface area contributed by atoms with Crippen molar-refractivity contribution < 1.29 is 0 Å². The van der Waals surface area contributed by atoms with E-state index in [-0.39, 0.29) is 0 Å². The van der Waals surface area contributed by atoms with Crippen LogP contribution in [-0.4, -0.2) is 37.1 Å². The molecule has 0 spiro atoms. The molecule has 126 valence electrons. The normalized spacial score (nSPS) is 27.6. The zero-order chi connectivity index (χ0) is 16.0. The summed E-state index contributed by atoms with van der Waals surface area (Å²) in [5.74, 6) is 1.68. The summed E-state index contributed by atoms with van der Waals surface area (Å²) in [6.45, 7) is 16.5. The van der Waals surface area contributed by atoms with E-state index in [0.717, 1.165) is 18.4 Å². The predicted molar refractivity (Wildman–Crippen MR) is 94.8 cm³/mol. The number of rotatable bonds is 8. The van der Waals surface area contributed by atoms with E-state index in [1.807, 2.05) is 0 Å². The summed E-state index contributed by atoms with van der Waals surface area (Å²) in [7, 11) is 2.35. The van der Waals surface area contributed by atoms with Crippen LogP contribution < -0.4 is 5.32 Å². The van der Waals surface area contributed by atoms with Gasteiger partial charge in [0.1, 0.15) is 0 Å². The maximum atomic E-state index is 3.75. The molecule has 3 unspecified atom stereocenters. The van der Waals surface area contributed by atoms with Crippen molar-refractivity contribution in [1.29, 1.82) is 0 Å². The average Bonchev–Trinajstić information content (AvgIpc) is 2.45. The van der Waals surface area contributed by atoms with E-state index in [1.165, 1.54) is 38.6 Å². The van der Waals surface area contributed by atoms with Gasteiger partial charge in [-0.3, -0.25) is 0 Å². The van der Waals surface area contributed by atoms with Crippen molar-refractivity contribution in [3.8, 4) is 0 Å². The molecule has 0 bridgehead atoms. The predicted octanol–water partition coefficient (Wildman–Crippen LogP) is 4.55. The molecule has 3 atom stereocenters. The minimum atomic E-state index is 0.494. The first-order valence-corrected chi connectivity index (χ1v) is 9.25. The van der Waals surface area contributed by atoms with Gasteiger partial charge in [0.15, 0.2) is 0 Å². The lowest BCUT2D eigenvalue weighted by Gasteiger charge is -2.46. The standard InChI is InChI=1S/C19H40N2/c1-8-19(5,6)16-10-11-17(20-9-2)18(14-16)21(7)13-12-15(3)4/h15-18,20H,8-14H2,1-7H3. The summed E-state index contributed by atoms with van der Waals surface area (Å²) in [5.41, 5.74) is 0.494. The SMILES string of the molecule is CCNC1CCC(C(C)(C)CC)CC1N(C)CCC(C)C. The molecule has 0 heterocycles. The highest BCUT2D eigenvalue weighted by Gasteiger charge is 2.38. The summed E-state index contributed by atoms with van der Waals surface area (Å²) in [6.07, 6.45) is 6.72. The zero-order valence-corrected chi connectivity index (χ0v) is 15.7. The first kappa shape index (κ1) is 19.0. The van der Waals surface area contributed by atoms with Crippen LogP contribution in [0.25, 0.3) is 0 Å². The molecule has 0 radical (unpaired) electrons. The van der Waals surface area contributed by atoms with Crippen molar-refractivity contribution >= 4 is 0 Å². The second-order valence-electron chi connectivity index (χ2n) is 8.25. The Kier molecular flexibility index (Phi) is 7.70. The Bertz CT molecular complexity index is 285. The van der Waals surface area contributed by atoms with Crippen LogP contribution in [0.2, 0.25) is 0 Å². The van der Waals surface area contributed by atoms with Gasteiger partial charge in [-0.1, -0.05) is 48.0 Å². The summed E-state index contributed by atoms with van der Waals surface area (Å²) in [5, 5.41) is 3.75. The van der Waals surface area contributed by atoms with Crippen molar-refractivity contribution in [3.05, 3.63) is 0 Å². The van der Waals surface area contributed by atoms with Gasteiger partial charge in [-0.2, -0.15) is 0 Å². The molecule has 2 heteroatoms. The molecule has 1 rings (SSSR count). The lowest BCUT2D eigenvalue weighted by Crippen LogP contribution is -2.53. The van der Waals surface area contributed by atoms with Crippen molar-refractivity contribution in [1.82, 2.24) is 10.2 Å². The van der Waals surface area contributed by atoms with Gasteiger partial charge in [-0.05, 0) is 63.1 Å². The Balaban J connectivity index is 2.71. The Morgan fingerprint density at radius 3 is 2.38 bits per heavy atom. The van der Waals surface area contributed by atoms with Gasteiger partial charge in [0.05, 0.1) is 0 Å². The van der Waals surface area contributed by atoms with E-state index in [0.29, 0.717) is 17.5 Å². The van der Waals surface area contributed by atoms with Crippen LogP contribution in [0.1, 0.15) is 73.6 Å². The van der Waals surface area contributed by atoms with Gasteiger partial charge in [-0.15, -0.1) is 0 Å². The molecule has 1 aliphatic rings. The highest BCUT2D eigenvalue weighted by atomic mass is 15.2. The van der Waals surface area contributed by atoms with E-state index >= 15 is 0 Å². The smallest absolute Gasteiger partial charge is 0.0249 e. The molecular formula is C19H40N2. The first-order chi connectivity index (χ1) is 9.81. The van der Waals surface area contributed by atoms with Gasteiger partial charge in [0.2, 0.25) is 0 Å². The van der Waals surface area contributed by atoms with Gasteiger partial charge in [0.25, 0.3) is 0 Å². The molecule has 0 aromatic carbocycles. The monoisotopic (exact) mass is 296 g/mol. The largest absolute Gasteiger partial charge is 0.313 e. The topological polar surface area (TPSA) is 15.3 Å². The van der Waals surface area contributed by atoms with Gasteiger partial charge in [0, 0.05) is 12.1 Å². The van der Waals surface area contributed by atoms with Crippen LogP contribution in [0.15, 0.2) is 0 Å². The molecule has 0 aromatic heterocycles. The molecule has 0 saturated heterocycles. The minimum absolute atomic E-state index is 0.494. The van der Waals surface area contributed by atoms with Crippen molar-refractivity contribution in [3.63, 3.8) is 0 Å². The lowest BCUT2D eigenvalue weighted by atomic mass is 9.67. The maximum Gasteiger partial charge on any atom is 0.0249 e. The summed E-state index contributed by atoms with van der Waals surface area (Å²) >= 11 is 0. The van der Waals surface area contributed by atoms with Crippen LogP contribution in [0.3, 0.4) is 0 Å². The Hall–Kier alpha value is -0.0800. The van der Waals surface area contributed by atoms with Crippen LogP contribution in [0.5, 0.6) is 0 Å². The van der Waals surface area contributed by atoms with Crippen LogP contribution >= 0.6 is 0 Å². The fourth-order valence-corrected chi connectivity index (χ4v) is 3.76. The van der Waals surface area contributed by atoms with E-state index in [2.05, 4.69) is 58.8 Å². The van der Waals surface area contributed by atoms with Gasteiger partial charge in [-0.25, -0.2) is 0 Å². The third kappa shape index (κ3) is 5.56. The van der Waals surface area contributed by atoms with E-state index in [9.17, 15) is 0 Å². The summed E-state index contributed by atoms with van der Waals surface area (Å²) in [4.78, 5) is 2.64. The number of nitrogens with one attached hydrogen (secondary N) is 1. The third-order valence-electron chi connectivity index (χ3n) is 5.92. The second kappa shape index (κ2) is 8.53. The number of likely N-dealkylation sites (N-methyl/N-ethyl adjacent to an activating group) is 2. The maximum absolute atomic E-state index is 3.75. The third-order valence-corrected chi connectivity index (χ3v) is 5.92. The average molecular weight is 297 g/mol. The number of hydrogen-bond acceptors (Lipinski definition) is 2. The molecule has 1 fully saturated rings. The molecule has 0 amide bonds. The van der Waals surface area contributed by atoms with Crippen molar-refractivity contribution in [2.45, 2.75) is 85.7 Å². The molecule has 1 N–H and O–H groups in total.